The molecule has 0 bridgehead atoms. The molecular formula is C31H35NO3S. The fourth-order valence-electron chi connectivity index (χ4n) is 4.72. The molecule has 1 saturated heterocycles. The van der Waals surface area contributed by atoms with Crippen LogP contribution in [0, 0.1) is 0 Å². The fourth-order valence-corrected chi connectivity index (χ4v) is 5.75. The Balaban J connectivity index is 1.38. The lowest BCUT2D eigenvalue weighted by Gasteiger charge is -2.26. The minimum atomic E-state index is 0.500. The number of nitrogens with zero attached hydrogens (tertiary/aromatic N) is 1. The summed E-state index contributed by atoms with van der Waals surface area (Å²) in [5.41, 5.74) is 1.10. The highest BCUT2D eigenvalue weighted by atomic mass is 32.1. The van der Waals surface area contributed by atoms with Gasteiger partial charge in [-0.15, -0.1) is 11.3 Å². The van der Waals surface area contributed by atoms with Crippen LogP contribution in [-0.2, 0) is 0 Å². The molecule has 3 aromatic carbocycles. The van der Waals surface area contributed by atoms with Crippen molar-refractivity contribution in [3.63, 3.8) is 0 Å². The summed E-state index contributed by atoms with van der Waals surface area (Å²) in [6.07, 6.45) is 3.97. The number of ether oxygens (including phenoxy) is 3. The summed E-state index contributed by atoms with van der Waals surface area (Å²) in [5, 5.41) is 2.15. The third-order valence-corrected chi connectivity index (χ3v) is 8.23. The SMILES string of the molecule is COc1ccc2c(Oc3ccc(OCCN4CCCCC4)cc3)c(-c3ccc(C(C)C)s3)ccc2c1. The van der Waals surface area contributed by atoms with Crippen LogP contribution in [0.15, 0.2) is 66.7 Å². The van der Waals surface area contributed by atoms with Crippen LogP contribution in [0.25, 0.3) is 21.2 Å². The van der Waals surface area contributed by atoms with Crippen LogP contribution >= 0.6 is 11.3 Å². The number of likely N-dealkylation sites (tertiary alicyclic amines) is 1. The van der Waals surface area contributed by atoms with E-state index in [0.717, 1.165) is 45.9 Å². The molecule has 0 saturated carbocycles. The highest BCUT2D eigenvalue weighted by Crippen LogP contribution is 2.43. The maximum absolute atomic E-state index is 6.58. The Morgan fingerprint density at radius 3 is 2.31 bits per heavy atom. The summed E-state index contributed by atoms with van der Waals surface area (Å²) in [7, 11) is 1.70. The van der Waals surface area contributed by atoms with Gasteiger partial charge < -0.3 is 14.2 Å². The van der Waals surface area contributed by atoms with Gasteiger partial charge in [-0.25, -0.2) is 0 Å². The first-order valence-electron chi connectivity index (χ1n) is 12.9. The predicted octanol–water partition coefficient (Wildman–Crippen LogP) is 8.36. The van der Waals surface area contributed by atoms with Gasteiger partial charge in [0, 0.05) is 27.2 Å². The van der Waals surface area contributed by atoms with Gasteiger partial charge in [0.25, 0.3) is 0 Å². The summed E-state index contributed by atoms with van der Waals surface area (Å²) in [5.74, 6) is 3.88. The van der Waals surface area contributed by atoms with E-state index in [0.29, 0.717) is 12.5 Å². The lowest BCUT2D eigenvalue weighted by molar-refractivity contribution is 0.183. The monoisotopic (exact) mass is 501 g/mol. The van der Waals surface area contributed by atoms with Gasteiger partial charge in [-0.1, -0.05) is 26.3 Å². The molecule has 0 radical (unpaired) electrons. The highest BCUT2D eigenvalue weighted by molar-refractivity contribution is 7.15. The number of hydrogen-bond donors (Lipinski definition) is 0. The molecule has 36 heavy (non-hydrogen) atoms. The van der Waals surface area contributed by atoms with Gasteiger partial charge in [0.2, 0.25) is 0 Å². The van der Waals surface area contributed by atoms with Crippen molar-refractivity contribution in [2.45, 2.75) is 39.0 Å². The molecule has 0 unspecified atom stereocenters. The van der Waals surface area contributed by atoms with Crippen LogP contribution < -0.4 is 14.2 Å². The molecule has 0 atom stereocenters. The zero-order chi connectivity index (χ0) is 24.9. The van der Waals surface area contributed by atoms with E-state index >= 15 is 0 Å². The largest absolute Gasteiger partial charge is 0.497 e. The molecule has 1 fully saturated rings. The molecule has 4 nitrogen and oxygen atoms in total. The molecule has 4 aromatic rings. The van der Waals surface area contributed by atoms with Gasteiger partial charge in [0.15, 0.2) is 0 Å². The van der Waals surface area contributed by atoms with Crippen LogP contribution in [0.5, 0.6) is 23.0 Å². The normalized spacial score (nSPS) is 14.3. The molecule has 1 aromatic heterocycles. The first-order valence-corrected chi connectivity index (χ1v) is 13.8. The number of thiophene rings is 1. The first kappa shape index (κ1) is 24.7. The summed E-state index contributed by atoms with van der Waals surface area (Å²) in [6, 6.07) is 22.9. The van der Waals surface area contributed by atoms with Crippen molar-refractivity contribution in [1.29, 1.82) is 0 Å². The maximum Gasteiger partial charge on any atom is 0.143 e. The van der Waals surface area contributed by atoms with Gasteiger partial charge in [-0.05, 0) is 97.9 Å². The smallest absolute Gasteiger partial charge is 0.143 e. The summed E-state index contributed by atoms with van der Waals surface area (Å²) >= 11 is 1.83. The number of rotatable bonds is 9. The molecule has 2 heterocycles. The van der Waals surface area contributed by atoms with Crippen molar-refractivity contribution in [3.05, 3.63) is 71.6 Å². The minimum absolute atomic E-state index is 0.500. The molecule has 188 valence electrons. The summed E-state index contributed by atoms with van der Waals surface area (Å²) < 4.78 is 18.0. The van der Waals surface area contributed by atoms with Crippen molar-refractivity contribution in [1.82, 2.24) is 4.90 Å². The van der Waals surface area contributed by atoms with E-state index in [1.165, 1.54) is 42.1 Å². The molecule has 0 spiro atoms. The zero-order valence-corrected chi connectivity index (χ0v) is 22.3. The first-order chi connectivity index (χ1) is 17.6. The summed E-state index contributed by atoms with van der Waals surface area (Å²) in [6.45, 7) is 8.55. The van der Waals surface area contributed by atoms with Crippen LogP contribution in [-0.4, -0.2) is 38.3 Å². The molecule has 0 aliphatic carbocycles. The highest BCUT2D eigenvalue weighted by Gasteiger charge is 2.16. The second-order valence-electron chi connectivity index (χ2n) is 9.71. The maximum atomic E-state index is 6.58. The number of benzene rings is 3. The van der Waals surface area contributed by atoms with E-state index in [9.17, 15) is 0 Å². The van der Waals surface area contributed by atoms with Gasteiger partial charge in [-0.3, -0.25) is 4.90 Å². The second kappa shape index (κ2) is 11.4. The van der Waals surface area contributed by atoms with Crippen LogP contribution in [0.2, 0.25) is 0 Å². The van der Waals surface area contributed by atoms with Gasteiger partial charge in [0.1, 0.15) is 29.6 Å². The average Bonchev–Trinajstić information content (AvgIpc) is 3.41. The number of fused-ring (bicyclic) bond motifs is 1. The Morgan fingerprint density at radius 1 is 0.833 bits per heavy atom. The Morgan fingerprint density at radius 2 is 1.58 bits per heavy atom. The van der Waals surface area contributed by atoms with Crippen molar-refractivity contribution in [3.8, 4) is 33.4 Å². The molecule has 1 aliphatic rings. The standard InChI is InChI=1S/C31H35NO3S/c1-22(2)29-15-16-30(36-29)28-13-7-23-21-26(33-3)12-14-27(23)31(28)35-25-10-8-24(9-11-25)34-20-19-32-17-5-4-6-18-32/h7-16,21-22H,4-6,17-20H2,1-3H3. The lowest BCUT2D eigenvalue weighted by atomic mass is 10.0. The number of hydrogen-bond acceptors (Lipinski definition) is 5. The molecule has 5 heteroatoms. The van der Waals surface area contributed by atoms with E-state index in [1.54, 1.807) is 7.11 Å². The van der Waals surface area contributed by atoms with Crippen molar-refractivity contribution >= 4 is 22.1 Å². The Kier molecular flexibility index (Phi) is 7.78. The van der Waals surface area contributed by atoms with E-state index in [-0.39, 0.29) is 0 Å². The van der Waals surface area contributed by atoms with Crippen molar-refractivity contribution < 1.29 is 14.2 Å². The molecule has 0 N–H and O–H groups in total. The molecular weight excluding hydrogens is 466 g/mol. The Hall–Kier alpha value is -3.02. The molecule has 1 aliphatic heterocycles. The Labute approximate surface area is 218 Å². The van der Waals surface area contributed by atoms with E-state index in [4.69, 9.17) is 14.2 Å². The van der Waals surface area contributed by atoms with E-state index in [1.807, 2.05) is 41.7 Å². The summed E-state index contributed by atoms with van der Waals surface area (Å²) in [4.78, 5) is 5.08. The van der Waals surface area contributed by atoms with Crippen molar-refractivity contribution in [2.24, 2.45) is 0 Å². The second-order valence-corrected chi connectivity index (χ2v) is 10.8. The van der Waals surface area contributed by atoms with Gasteiger partial charge in [-0.2, -0.15) is 0 Å². The topological polar surface area (TPSA) is 30.9 Å². The Bertz CT molecular complexity index is 1290. The minimum Gasteiger partial charge on any atom is -0.497 e. The predicted molar refractivity (Wildman–Crippen MR) is 150 cm³/mol. The van der Waals surface area contributed by atoms with E-state index in [2.05, 4.69) is 55.1 Å². The molecule has 5 rings (SSSR count). The van der Waals surface area contributed by atoms with Crippen LogP contribution in [0.3, 0.4) is 0 Å². The quantitative estimate of drug-likeness (QED) is 0.231. The zero-order valence-electron chi connectivity index (χ0n) is 21.5. The van der Waals surface area contributed by atoms with Crippen molar-refractivity contribution in [2.75, 3.05) is 33.4 Å². The fraction of sp³-hybridized carbons (Fsp3) is 0.355. The van der Waals surface area contributed by atoms with E-state index < -0.39 is 0 Å². The molecule has 0 amide bonds. The third-order valence-electron chi connectivity index (χ3n) is 6.81. The van der Waals surface area contributed by atoms with Crippen LogP contribution in [0.4, 0.5) is 0 Å². The number of methoxy groups -OCH3 is 1. The third kappa shape index (κ3) is 5.69. The van der Waals surface area contributed by atoms with Gasteiger partial charge in [0.05, 0.1) is 7.11 Å². The number of piperidine rings is 1. The van der Waals surface area contributed by atoms with Crippen LogP contribution in [0.1, 0.15) is 43.9 Å². The average molecular weight is 502 g/mol. The lowest BCUT2D eigenvalue weighted by Crippen LogP contribution is -2.33. The van der Waals surface area contributed by atoms with Gasteiger partial charge >= 0.3 is 0 Å².